The number of carbonyl (C=O) groups excluding carboxylic acids is 2. The van der Waals surface area contributed by atoms with Crippen LogP contribution in [0.25, 0.3) is 10.9 Å². The van der Waals surface area contributed by atoms with E-state index in [0.29, 0.717) is 30.1 Å². The fraction of sp³-hybridized carbons (Fsp3) is 0.304. The number of rotatable bonds is 5. The first-order chi connectivity index (χ1) is 14.0. The zero-order valence-corrected chi connectivity index (χ0v) is 17.0. The first-order valence-electron chi connectivity index (χ1n) is 9.90. The zero-order chi connectivity index (χ0) is 20.5. The Bertz CT molecular complexity index is 1080. The molecule has 0 radical (unpaired) electrons. The van der Waals surface area contributed by atoms with Crippen molar-refractivity contribution in [1.82, 2.24) is 4.57 Å². The third kappa shape index (κ3) is 3.35. The van der Waals surface area contributed by atoms with Gasteiger partial charge in [0.05, 0.1) is 18.3 Å². The molecule has 150 valence electrons. The summed E-state index contributed by atoms with van der Waals surface area (Å²) >= 11 is 0. The average Bonchev–Trinajstić information content (AvgIpc) is 3.28. The van der Waals surface area contributed by atoms with Crippen LogP contribution in [0.3, 0.4) is 0 Å². The van der Waals surface area contributed by atoms with E-state index in [9.17, 15) is 9.59 Å². The lowest BCUT2D eigenvalue weighted by molar-refractivity contribution is -0.117. The van der Waals surface area contributed by atoms with Gasteiger partial charge in [-0.05, 0) is 48.7 Å². The molecule has 0 unspecified atom stereocenters. The molecule has 1 N–H and O–H groups in total. The van der Waals surface area contributed by atoms with Gasteiger partial charge in [-0.1, -0.05) is 19.1 Å². The van der Waals surface area contributed by atoms with E-state index in [1.807, 2.05) is 54.1 Å². The molecular weight excluding hydrogens is 366 g/mol. The molecule has 1 aliphatic heterocycles. The molecule has 0 aliphatic carbocycles. The summed E-state index contributed by atoms with van der Waals surface area (Å²) in [6.45, 7) is 2.71. The van der Waals surface area contributed by atoms with Crippen molar-refractivity contribution in [2.24, 2.45) is 7.05 Å². The SMILES string of the molecule is CCc1ccc(NC(=O)c2c(N3CCCC3=O)c3cc(OC)ccc3n2C)cc1. The second-order valence-electron chi connectivity index (χ2n) is 7.29. The number of benzene rings is 2. The number of methoxy groups -OCH3 is 1. The minimum absolute atomic E-state index is 0.0432. The van der Waals surface area contributed by atoms with Crippen LogP contribution in [-0.4, -0.2) is 30.0 Å². The van der Waals surface area contributed by atoms with E-state index >= 15 is 0 Å². The van der Waals surface area contributed by atoms with Crippen molar-refractivity contribution in [3.05, 3.63) is 53.7 Å². The lowest BCUT2D eigenvalue weighted by atomic mass is 10.1. The Kier molecular flexibility index (Phi) is 5.01. The molecule has 6 nitrogen and oxygen atoms in total. The van der Waals surface area contributed by atoms with Gasteiger partial charge in [-0.15, -0.1) is 0 Å². The molecule has 0 bridgehead atoms. The van der Waals surface area contributed by atoms with Crippen LogP contribution in [0.4, 0.5) is 11.4 Å². The van der Waals surface area contributed by atoms with E-state index in [2.05, 4.69) is 12.2 Å². The highest BCUT2D eigenvalue weighted by atomic mass is 16.5. The second-order valence-corrected chi connectivity index (χ2v) is 7.29. The number of amides is 2. The van der Waals surface area contributed by atoms with Gasteiger partial charge < -0.3 is 19.5 Å². The first-order valence-corrected chi connectivity index (χ1v) is 9.90. The number of nitrogens with zero attached hydrogens (tertiary/aromatic N) is 2. The van der Waals surface area contributed by atoms with E-state index in [4.69, 9.17) is 4.74 Å². The topological polar surface area (TPSA) is 63.6 Å². The number of anilines is 2. The summed E-state index contributed by atoms with van der Waals surface area (Å²) in [7, 11) is 3.46. The highest BCUT2D eigenvalue weighted by Crippen LogP contribution is 2.38. The highest BCUT2D eigenvalue weighted by Gasteiger charge is 2.31. The minimum Gasteiger partial charge on any atom is -0.497 e. The van der Waals surface area contributed by atoms with Crippen molar-refractivity contribution >= 4 is 34.1 Å². The molecule has 2 aromatic carbocycles. The quantitative estimate of drug-likeness (QED) is 0.711. The maximum absolute atomic E-state index is 13.3. The zero-order valence-electron chi connectivity index (χ0n) is 17.0. The Morgan fingerprint density at radius 2 is 1.93 bits per heavy atom. The van der Waals surface area contributed by atoms with Crippen molar-refractivity contribution in [2.45, 2.75) is 26.2 Å². The largest absolute Gasteiger partial charge is 0.497 e. The van der Waals surface area contributed by atoms with Crippen molar-refractivity contribution in [2.75, 3.05) is 23.9 Å². The fourth-order valence-corrected chi connectivity index (χ4v) is 3.96. The summed E-state index contributed by atoms with van der Waals surface area (Å²) < 4.78 is 7.23. The Hall–Kier alpha value is -3.28. The number of carbonyl (C=O) groups is 2. The maximum atomic E-state index is 13.3. The standard InChI is InChI=1S/C23H25N3O3/c1-4-15-7-9-16(10-8-15)24-23(28)22-21(26-13-5-6-20(26)27)18-14-17(29-3)11-12-19(18)25(22)2/h7-12,14H,4-6,13H2,1-3H3,(H,24,28). The summed E-state index contributed by atoms with van der Waals surface area (Å²) in [6, 6.07) is 13.5. The Morgan fingerprint density at radius 1 is 1.17 bits per heavy atom. The van der Waals surface area contributed by atoms with Gasteiger partial charge in [0.2, 0.25) is 5.91 Å². The lowest BCUT2D eigenvalue weighted by Crippen LogP contribution is -2.27. The molecule has 3 aromatic rings. The number of aromatic nitrogens is 1. The van der Waals surface area contributed by atoms with E-state index in [0.717, 1.165) is 29.4 Å². The maximum Gasteiger partial charge on any atom is 0.274 e. The predicted octanol–water partition coefficient (Wildman–Crippen LogP) is 4.13. The molecule has 2 amide bonds. The van der Waals surface area contributed by atoms with Crippen LogP contribution < -0.4 is 15.0 Å². The van der Waals surface area contributed by atoms with Crippen LogP contribution in [0.1, 0.15) is 35.8 Å². The van der Waals surface area contributed by atoms with Crippen LogP contribution in [0.2, 0.25) is 0 Å². The van der Waals surface area contributed by atoms with Crippen molar-refractivity contribution in [1.29, 1.82) is 0 Å². The van der Waals surface area contributed by atoms with Crippen molar-refractivity contribution in [3.63, 3.8) is 0 Å². The molecule has 2 heterocycles. The molecule has 29 heavy (non-hydrogen) atoms. The molecule has 0 spiro atoms. The number of nitrogens with one attached hydrogen (secondary N) is 1. The summed E-state index contributed by atoms with van der Waals surface area (Å²) in [5, 5.41) is 3.83. The molecule has 1 aromatic heterocycles. The molecule has 4 rings (SSSR count). The van der Waals surface area contributed by atoms with E-state index in [-0.39, 0.29) is 11.8 Å². The average molecular weight is 391 g/mol. The Balaban J connectivity index is 1.82. The number of aryl methyl sites for hydroxylation is 2. The van der Waals surface area contributed by atoms with Crippen LogP contribution in [0, 0.1) is 0 Å². The van der Waals surface area contributed by atoms with Gasteiger partial charge in [0, 0.05) is 31.1 Å². The molecular formula is C23H25N3O3. The Morgan fingerprint density at radius 3 is 2.55 bits per heavy atom. The molecule has 0 saturated carbocycles. The van der Waals surface area contributed by atoms with Gasteiger partial charge in [0.15, 0.2) is 0 Å². The lowest BCUT2D eigenvalue weighted by Gasteiger charge is -2.18. The summed E-state index contributed by atoms with van der Waals surface area (Å²) in [4.78, 5) is 27.6. The van der Waals surface area contributed by atoms with Crippen LogP contribution in [-0.2, 0) is 18.3 Å². The number of hydrogen-bond acceptors (Lipinski definition) is 3. The molecule has 1 saturated heterocycles. The normalized spacial score (nSPS) is 13.9. The van der Waals surface area contributed by atoms with E-state index < -0.39 is 0 Å². The molecule has 6 heteroatoms. The van der Waals surface area contributed by atoms with E-state index in [1.54, 1.807) is 12.0 Å². The molecule has 1 aliphatic rings. The molecule has 0 atom stereocenters. The third-order valence-electron chi connectivity index (χ3n) is 5.56. The van der Waals surface area contributed by atoms with Crippen LogP contribution in [0.5, 0.6) is 5.75 Å². The molecule has 1 fully saturated rings. The summed E-state index contributed by atoms with van der Waals surface area (Å²) in [5.41, 5.74) is 3.96. The number of hydrogen-bond donors (Lipinski definition) is 1. The smallest absolute Gasteiger partial charge is 0.274 e. The monoisotopic (exact) mass is 391 g/mol. The minimum atomic E-state index is -0.235. The van der Waals surface area contributed by atoms with Gasteiger partial charge in [-0.25, -0.2) is 0 Å². The summed E-state index contributed by atoms with van der Waals surface area (Å²) in [6.07, 6.45) is 2.24. The highest BCUT2D eigenvalue weighted by molar-refractivity contribution is 6.17. The number of fused-ring (bicyclic) bond motifs is 1. The van der Waals surface area contributed by atoms with Gasteiger partial charge in [0.1, 0.15) is 11.4 Å². The van der Waals surface area contributed by atoms with Crippen molar-refractivity contribution in [3.8, 4) is 5.75 Å². The summed E-state index contributed by atoms with van der Waals surface area (Å²) in [5.74, 6) is 0.501. The first kappa shape index (κ1) is 19.1. The van der Waals surface area contributed by atoms with E-state index in [1.165, 1.54) is 5.56 Å². The van der Waals surface area contributed by atoms with Crippen molar-refractivity contribution < 1.29 is 14.3 Å². The predicted molar refractivity (Wildman–Crippen MR) is 115 cm³/mol. The third-order valence-corrected chi connectivity index (χ3v) is 5.56. The van der Waals surface area contributed by atoms with Gasteiger partial charge in [-0.2, -0.15) is 0 Å². The number of ether oxygens (including phenoxy) is 1. The van der Waals surface area contributed by atoms with Gasteiger partial charge in [0.25, 0.3) is 5.91 Å². The van der Waals surface area contributed by atoms with Crippen LogP contribution in [0.15, 0.2) is 42.5 Å². The Labute approximate surface area is 170 Å². The van der Waals surface area contributed by atoms with Gasteiger partial charge in [-0.3, -0.25) is 9.59 Å². The van der Waals surface area contributed by atoms with Crippen LogP contribution >= 0.6 is 0 Å². The van der Waals surface area contributed by atoms with Gasteiger partial charge >= 0.3 is 0 Å². The fourth-order valence-electron chi connectivity index (χ4n) is 3.96. The second kappa shape index (κ2) is 7.62.